The van der Waals surface area contributed by atoms with E-state index in [4.69, 9.17) is 5.11 Å². The van der Waals surface area contributed by atoms with Gasteiger partial charge in [0.1, 0.15) is 0 Å². The van der Waals surface area contributed by atoms with E-state index in [-0.39, 0.29) is 0 Å². The summed E-state index contributed by atoms with van der Waals surface area (Å²) in [5.74, 6) is -0.870. The molecule has 2 aromatic rings. The van der Waals surface area contributed by atoms with Crippen molar-refractivity contribution in [1.82, 2.24) is 9.55 Å². The molecule has 0 bridgehead atoms. The molecule has 0 saturated carbocycles. The van der Waals surface area contributed by atoms with Gasteiger partial charge in [-0.3, -0.25) is 0 Å². The number of carboxylic acids is 1. The molecule has 0 amide bonds. The third-order valence-electron chi connectivity index (χ3n) is 2.67. The van der Waals surface area contributed by atoms with Gasteiger partial charge in [-0.15, -0.1) is 0 Å². The van der Waals surface area contributed by atoms with Crippen LogP contribution in [0.4, 0.5) is 0 Å². The summed E-state index contributed by atoms with van der Waals surface area (Å²) in [4.78, 5) is 15.0. The first-order valence-corrected chi connectivity index (χ1v) is 5.73. The maximum atomic E-state index is 11.0. The monoisotopic (exact) mass is 242 g/mol. The van der Waals surface area contributed by atoms with Crippen LogP contribution in [0.1, 0.15) is 18.9 Å². The molecule has 0 fully saturated rings. The predicted molar refractivity (Wildman–Crippen MR) is 69.5 cm³/mol. The minimum absolute atomic E-state index is 0.401. The Morgan fingerprint density at radius 2 is 2.33 bits per heavy atom. The molecule has 0 aliphatic carbocycles. The van der Waals surface area contributed by atoms with E-state index in [2.05, 4.69) is 4.98 Å². The second-order valence-electron chi connectivity index (χ2n) is 3.89. The summed E-state index contributed by atoms with van der Waals surface area (Å²) in [5.41, 5.74) is 2.24. The van der Waals surface area contributed by atoms with Crippen molar-refractivity contribution in [2.75, 3.05) is 0 Å². The molecule has 1 heterocycles. The van der Waals surface area contributed by atoms with Crippen LogP contribution < -0.4 is 0 Å². The van der Waals surface area contributed by atoms with Crippen molar-refractivity contribution >= 4 is 12.0 Å². The lowest BCUT2D eigenvalue weighted by Crippen LogP contribution is -1.99. The first kappa shape index (κ1) is 12.1. The molecule has 0 aliphatic heterocycles. The van der Waals surface area contributed by atoms with Crippen molar-refractivity contribution in [3.8, 4) is 5.69 Å². The second kappa shape index (κ2) is 5.31. The molecular formula is C14H14N2O2. The van der Waals surface area contributed by atoms with E-state index in [0.717, 1.165) is 11.3 Å². The zero-order chi connectivity index (χ0) is 13.0. The molecule has 0 radical (unpaired) electrons. The molecule has 0 atom stereocenters. The highest BCUT2D eigenvalue weighted by Gasteiger charge is 2.04. The molecule has 2 rings (SSSR count). The average molecular weight is 242 g/mol. The Balaban J connectivity index is 2.36. The summed E-state index contributed by atoms with van der Waals surface area (Å²) >= 11 is 0. The fraction of sp³-hybridized carbons (Fsp3) is 0.143. The van der Waals surface area contributed by atoms with Crippen LogP contribution >= 0.6 is 0 Å². The standard InChI is InChI=1S/C14H14N2O2/c1-2-12(14(17)18)8-11-4-3-5-13(9-11)16-7-6-15-10-16/h3-10H,2H2,1H3,(H,17,18). The van der Waals surface area contributed by atoms with Crippen LogP contribution in [0.2, 0.25) is 0 Å². The summed E-state index contributed by atoms with van der Waals surface area (Å²) in [7, 11) is 0. The normalized spacial score (nSPS) is 11.5. The summed E-state index contributed by atoms with van der Waals surface area (Å²) < 4.78 is 1.88. The lowest BCUT2D eigenvalue weighted by Gasteiger charge is -2.04. The molecule has 0 aliphatic rings. The Labute approximate surface area is 105 Å². The van der Waals surface area contributed by atoms with E-state index in [1.807, 2.05) is 42.0 Å². The molecule has 0 saturated heterocycles. The molecule has 92 valence electrons. The molecule has 0 spiro atoms. The summed E-state index contributed by atoms with van der Waals surface area (Å²) in [6.45, 7) is 1.83. The van der Waals surface area contributed by atoms with Crippen LogP contribution in [0.5, 0.6) is 0 Å². The summed E-state index contributed by atoms with van der Waals surface area (Å²) in [6.07, 6.45) is 7.46. The first-order valence-electron chi connectivity index (χ1n) is 5.73. The smallest absolute Gasteiger partial charge is 0.331 e. The van der Waals surface area contributed by atoms with Gasteiger partial charge in [-0.05, 0) is 30.2 Å². The third-order valence-corrected chi connectivity index (χ3v) is 2.67. The van der Waals surface area contributed by atoms with E-state index in [9.17, 15) is 4.79 Å². The predicted octanol–water partition coefficient (Wildman–Crippen LogP) is 2.75. The Hall–Kier alpha value is -2.36. The highest BCUT2D eigenvalue weighted by molar-refractivity contribution is 5.92. The number of aromatic nitrogens is 2. The van der Waals surface area contributed by atoms with E-state index < -0.39 is 5.97 Å². The summed E-state index contributed by atoms with van der Waals surface area (Å²) in [5, 5.41) is 9.00. The maximum Gasteiger partial charge on any atom is 0.331 e. The number of benzene rings is 1. The maximum absolute atomic E-state index is 11.0. The van der Waals surface area contributed by atoms with Crippen LogP contribution in [-0.4, -0.2) is 20.6 Å². The zero-order valence-electron chi connectivity index (χ0n) is 10.1. The molecule has 4 heteroatoms. The highest BCUT2D eigenvalue weighted by atomic mass is 16.4. The SMILES string of the molecule is CCC(=Cc1cccc(-n2ccnc2)c1)C(=O)O. The van der Waals surface area contributed by atoms with Gasteiger partial charge in [0.15, 0.2) is 0 Å². The fourth-order valence-electron chi connectivity index (χ4n) is 1.70. The molecule has 1 N–H and O–H groups in total. The van der Waals surface area contributed by atoms with Crippen LogP contribution in [0, 0.1) is 0 Å². The van der Waals surface area contributed by atoms with Gasteiger partial charge >= 0.3 is 5.97 Å². The van der Waals surface area contributed by atoms with Crippen molar-refractivity contribution in [1.29, 1.82) is 0 Å². The largest absolute Gasteiger partial charge is 0.478 e. The Morgan fingerprint density at radius 1 is 1.50 bits per heavy atom. The van der Waals surface area contributed by atoms with E-state index >= 15 is 0 Å². The number of carboxylic acid groups (broad SMARTS) is 1. The first-order chi connectivity index (χ1) is 8.70. The average Bonchev–Trinajstić information content (AvgIpc) is 2.90. The molecule has 1 aromatic heterocycles. The Bertz CT molecular complexity index is 571. The number of carbonyl (C=O) groups is 1. The molecule has 0 unspecified atom stereocenters. The highest BCUT2D eigenvalue weighted by Crippen LogP contribution is 2.14. The topological polar surface area (TPSA) is 55.1 Å². The number of rotatable bonds is 4. The number of aliphatic carboxylic acids is 1. The van der Waals surface area contributed by atoms with Crippen LogP contribution in [0.15, 0.2) is 48.6 Å². The lowest BCUT2D eigenvalue weighted by atomic mass is 10.1. The zero-order valence-corrected chi connectivity index (χ0v) is 10.1. The van der Waals surface area contributed by atoms with E-state index in [0.29, 0.717) is 12.0 Å². The number of hydrogen-bond acceptors (Lipinski definition) is 2. The fourth-order valence-corrected chi connectivity index (χ4v) is 1.70. The van der Waals surface area contributed by atoms with Crippen LogP contribution in [0.3, 0.4) is 0 Å². The minimum Gasteiger partial charge on any atom is -0.478 e. The van der Waals surface area contributed by atoms with Crippen LogP contribution in [-0.2, 0) is 4.79 Å². The van der Waals surface area contributed by atoms with E-state index in [1.54, 1.807) is 18.6 Å². The van der Waals surface area contributed by atoms with Gasteiger partial charge in [-0.25, -0.2) is 9.78 Å². The molecule has 4 nitrogen and oxygen atoms in total. The van der Waals surface area contributed by atoms with Gasteiger partial charge < -0.3 is 9.67 Å². The van der Waals surface area contributed by atoms with Gasteiger partial charge in [0.2, 0.25) is 0 Å². The number of hydrogen-bond donors (Lipinski definition) is 1. The quantitative estimate of drug-likeness (QED) is 0.839. The van der Waals surface area contributed by atoms with E-state index in [1.165, 1.54) is 0 Å². The van der Waals surface area contributed by atoms with Crippen molar-refractivity contribution in [2.24, 2.45) is 0 Å². The Kier molecular flexibility index (Phi) is 3.57. The molecule has 1 aromatic carbocycles. The van der Waals surface area contributed by atoms with Crippen LogP contribution in [0.25, 0.3) is 11.8 Å². The van der Waals surface area contributed by atoms with Crippen molar-refractivity contribution < 1.29 is 9.90 Å². The summed E-state index contributed by atoms with van der Waals surface area (Å²) in [6, 6.07) is 7.67. The van der Waals surface area contributed by atoms with Crippen molar-refractivity contribution in [3.05, 3.63) is 54.1 Å². The lowest BCUT2D eigenvalue weighted by molar-refractivity contribution is -0.132. The number of nitrogens with zero attached hydrogens (tertiary/aromatic N) is 2. The van der Waals surface area contributed by atoms with Gasteiger partial charge in [0.05, 0.1) is 6.33 Å². The number of imidazole rings is 1. The minimum atomic E-state index is -0.870. The van der Waals surface area contributed by atoms with Gasteiger partial charge in [0, 0.05) is 23.7 Å². The molecular weight excluding hydrogens is 228 g/mol. The third kappa shape index (κ3) is 2.66. The van der Waals surface area contributed by atoms with Gasteiger partial charge in [-0.2, -0.15) is 0 Å². The Morgan fingerprint density at radius 3 is 2.94 bits per heavy atom. The van der Waals surface area contributed by atoms with Gasteiger partial charge in [-0.1, -0.05) is 19.1 Å². The van der Waals surface area contributed by atoms with Gasteiger partial charge in [0.25, 0.3) is 0 Å². The second-order valence-corrected chi connectivity index (χ2v) is 3.89. The van der Waals surface area contributed by atoms with Crippen molar-refractivity contribution in [3.63, 3.8) is 0 Å². The molecule has 18 heavy (non-hydrogen) atoms. The van der Waals surface area contributed by atoms with Crippen molar-refractivity contribution in [2.45, 2.75) is 13.3 Å².